The number of halogens is 1. The number of hydrogen-bond acceptors (Lipinski definition) is 3. The molecule has 112 valence electrons. The molecule has 0 saturated heterocycles. The molecule has 1 N–H and O–H groups in total. The summed E-state index contributed by atoms with van der Waals surface area (Å²) in [6, 6.07) is 9.31. The zero-order valence-electron chi connectivity index (χ0n) is 12.2. The number of ether oxygens (including phenoxy) is 1. The fourth-order valence-corrected chi connectivity index (χ4v) is 2.24. The van der Waals surface area contributed by atoms with Gasteiger partial charge in [0.1, 0.15) is 23.9 Å². The minimum absolute atomic E-state index is 0.234. The molecule has 0 spiro atoms. The van der Waals surface area contributed by atoms with Crippen molar-refractivity contribution < 1.29 is 13.5 Å². The summed E-state index contributed by atoms with van der Waals surface area (Å²) in [6.45, 7) is 3.41. The summed E-state index contributed by atoms with van der Waals surface area (Å²) in [7, 11) is 0. The van der Waals surface area contributed by atoms with E-state index in [0.717, 1.165) is 23.6 Å². The molecular formula is C17H20FNO2. The Morgan fingerprint density at radius 2 is 2.10 bits per heavy atom. The number of rotatable bonds is 7. The Morgan fingerprint density at radius 1 is 1.29 bits per heavy atom. The molecule has 0 bridgehead atoms. The Balaban J connectivity index is 1.50. The van der Waals surface area contributed by atoms with Gasteiger partial charge in [0.2, 0.25) is 0 Å². The van der Waals surface area contributed by atoms with Crippen LogP contribution in [0, 0.1) is 12.7 Å². The Morgan fingerprint density at radius 3 is 2.86 bits per heavy atom. The van der Waals surface area contributed by atoms with Gasteiger partial charge in [-0.1, -0.05) is 18.2 Å². The van der Waals surface area contributed by atoms with E-state index in [1.54, 1.807) is 18.2 Å². The van der Waals surface area contributed by atoms with E-state index in [4.69, 9.17) is 9.15 Å². The van der Waals surface area contributed by atoms with Crippen molar-refractivity contribution in [2.24, 2.45) is 0 Å². The first kappa shape index (κ1) is 14.3. The van der Waals surface area contributed by atoms with E-state index in [9.17, 15) is 4.39 Å². The third kappa shape index (κ3) is 3.93. The van der Waals surface area contributed by atoms with Gasteiger partial charge in [0, 0.05) is 11.6 Å². The predicted octanol–water partition coefficient (Wildman–Crippen LogP) is 3.70. The van der Waals surface area contributed by atoms with Crippen LogP contribution in [-0.4, -0.2) is 6.04 Å². The summed E-state index contributed by atoms with van der Waals surface area (Å²) in [5.74, 6) is 1.52. The van der Waals surface area contributed by atoms with E-state index in [-0.39, 0.29) is 12.4 Å². The largest absolute Gasteiger partial charge is 0.462 e. The third-order valence-corrected chi connectivity index (χ3v) is 3.66. The van der Waals surface area contributed by atoms with Crippen LogP contribution in [0.25, 0.3) is 0 Å². The molecule has 2 aromatic rings. The molecule has 21 heavy (non-hydrogen) atoms. The van der Waals surface area contributed by atoms with Crippen LogP contribution in [-0.2, 0) is 24.5 Å². The predicted molar refractivity (Wildman–Crippen MR) is 78.2 cm³/mol. The van der Waals surface area contributed by atoms with Gasteiger partial charge in [0.05, 0.1) is 13.2 Å². The number of benzene rings is 1. The Hall–Kier alpha value is -1.65. The van der Waals surface area contributed by atoms with Crippen molar-refractivity contribution in [3.8, 4) is 0 Å². The Kier molecular flexibility index (Phi) is 4.36. The lowest BCUT2D eigenvalue weighted by Gasteiger charge is -2.04. The molecule has 1 aromatic heterocycles. The van der Waals surface area contributed by atoms with Crippen LogP contribution >= 0.6 is 0 Å². The maximum absolute atomic E-state index is 13.5. The van der Waals surface area contributed by atoms with E-state index in [1.165, 1.54) is 18.9 Å². The van der Waals surface area contributed by atoms with Gasteiger partial charge >= 0.3 is 0 Å². The maximum Gasteiger partial charge on any atom is 0.130 e. The molecule has 1 aliphatic rings. The van der Waals surface area contributed by atoms with E-state index < -0.39 is 0 Å². The van der Waals surface area contributed by atoms with E-state index in [2.05, 4.69) is 5.32 Å². The van der Waals surface area contributed by atoms with Crippen molar-refractivity contribution in [2.45, 2.75) is 45.6 Å². The van der Waals surface area contributed by atoms with Crippen molar-refractivity contribution in [3.63, 3.8) is 0 Å². The van der Waals surface area contributed by atoms with E-state index >= 15 is 0 Å². The van der Waals surface area contributed by atoms with Crippen LogP contribution in [0.15, 0.2) is 34.7 Å². The van der Waals surface area contributed by atoms with Crippen LogP contribution in [0.1, 0.15) is 35.5 Å². The van der Waals surface area contributed by atoms with Crippen molar-refractivity contribution in [2.75, 3.05) is 0 Å². The van der Waals surface area contributed by atoms with E-state index in [0.29, 0.717) is 18.2 Å². The monoisotopic (exact) mass is 289 g/mol. The zero-order valence-corrected chi connectivity index (χ0v) is 12.2. The highest BCUT2D eigenvalue weighted by Gasteiger charge is 2.21. The smallest absolute Gasteiger partial charge is 0.130 e. The van der Waals surface area contributed by atoms with Gasteiger partial charge < -0.3 is 14.5 Å². The van der Waals surface area contributed by atoms with Gasteiger partial charge in [-0.15, -0.1) is 0 Å². The molecule has 0 radical (unpaired) electrons. The average Bonchev–Trinajstić information content (AvgIpc) is 3.23. The molecular weight excluding hydrogens is 269 g/mol. The number of hydrogen-bond donors (Lipinski definition) is 1. The molecule has 1 fully saturated rings. The maximum atomic E-state index is 13.5. The second kappa shape index (κ2) is 6.41. The third-order valence-electron chi connectivity index (χ3n) is 3.66. The molecule has 0 amide bonds. The van der Waals surface area contributed by atoms with Gasteiger partial charge in [-0.2, -0.15) is 0 Å². The lowest BCUT2D eigenvalue weighted by atomic mass is 10.2. The van der Waals surface area contributed by atoms with Crippen LogP contribution in [0.2, 0.25) is 0 Å². The lowest BCUT2D eigenvalue weighted by molar-refractivity contribution is 0.0899. The highest BCUT2D eigenvalue weighted by molar-refractivity contribution is 5.20. The SMILES string of the molecule is Cc1cc(COCc2ccccc2F)oc1CNC1CC1. The summed E-state index contributed by atoms with van der Waals surface area (Å²) in [5, 5.41) is 3.43. The highest BCUT2D eigenvalue weighted by atomic mass is 19.1. The second-order valence-corrected chi connectivity index (χ2v) is 5.56. The lowest BCUT2D eigenvalue weighted by Crippen LogP contribution is -2.15. The number of aryl methyl sites for hydroxylation is 1. The molecule has 0 aliphatic heterocycles. The molecule has 1 aromatic carbocycles. The molecule has 0 atom stereocenters. The Labute approximate surface area is 124 Å². The fourth-order valence-electron chi connectivity index (χ4n) is 2.24. The first-order valence-electron chi connectivity index (χ1n) is 7.35. The summed E-state index contributed by atoms with van der Waals surface area (Å²) in [5.41, 5.74) is 1.70. The molecule has 3 rings (SSSR count). The molecule has 0 unspecified atom stereocenters. The fraction of sp³-hybridized carbons (Fsp3) is 0.412. The van der Waals surface area contributed by atoms with Crippen molar-refractivity contribution in [1.82, 2.24) is 5.32 Å². The summed E-state index contributed by atoms with van der Waals surface area (Å²) >= 11 is 0. The number of furan rings is 1. The van der Waals surface area contributed by atoms with Crippen LogP contribution < -0.4 is 5.32 Å². The van der Waals surface area contributed by atoms with Crippen molar-refractivity contribution >= 4 is 0 Å². The molecule has 4 heteroatoms. The quantitative estimate of drug-likeness (QED) is 0.844. The van der Waals surface area contributed by atoms with Crippen LogP contribution in [0.4, 0.5) is 4.39 Å². The van der Waals surface area contributed by atoms with Gasteiger partial charge in [-0.25, -0.2) is 4.39 Å². The summed E-state index contributed by atoms with van der Waals surface area (Å²) < 4.78 is 24.8. The van der Waals surface area contributed by atoms with Crippen LogP contribution in [0.3, 0.4) is 0 Å². The molecule has 1 heterocycles. The van der Waals surface area contributed by atoms with Gasteiger partial charge in [-0.3, -0.25) is 0 Å². The number of nitrogens with one attached hydrogen (secondary N) is 1. The van der Waals surface area contributed by atoms with Crippen molar-refractivity contribution in [1.29, 1.82) is 0 Å². The zero-order chi connectivity index (χ0) is 14.7. The van der Waals surface area contributed by atoms with E-state index in [1.807, 2.05) is 13.0 Å². The van der Waals surface area contributed by atoms with Gasteiger partial charge in [0.15, 0.2) is 0 Å². The standard InChI is InChI=1S/C17H20FNO2/c1-12-8-15(21-17(12)9-19-14-6-7-14)11-20-10-13-4-2-3-5-16(13)18/h2-5,8,14,19H,6-7,9-11H2,1H3. The minimum atomic E-state index is -0.234. The van der Waals surface area contributed by atoms with Gasteiger partial charge in [0.25, 0.3) is 0 Å². The first-order chi connectivity index (χ1) is 10.2. The summed E-state index contributed by atoms with van der Waals surface area (Å²) in [4.78, 5) is 0. The molecule has 3 nitrogen and oxygen atoms in total. The van der Waals surface area contributed by atoms with Crippen molar-refractivity contribution in [3.05, 3.63) is 58.8 Å². The first-order valence-corrected chi connectivity index (χ1v) is 7.35. The Bertz CT molecular complexity index is 605. The van der Waals surface area contributed by atoms with Crippen LogP contribution in [0.5, 0.6) is 0 Å². The topological polar surface area (TPSA) is 34.4 Å². The highest BCUT2D eigenvalue weighted by Crippen LogP contribution is 2.21. The van der Waals surface area contributed by atoms with Gasteiger partial charge in [-0.05, 0) is 37.5 Å². The second-order valence-electron chi connectivity index (χ2n) is 5.56. The average molecular weight is 289 g/mol. The molecule has 1 saturated carbocycles. The summed E-state index contributed by atoms with van der Waals surface area (Å²) in [6.07, 6.45) is 2.52. The minimum Gasteiger partial charge on any atom is -0.462 e. The normalized spacial score (nSPS) is 14.6. The molecule has 1 aliphatic carbocycles.